The Morgan fingerprint density at radius 3 is 2.33 bits per heavy atom. The highest BCUT2D eigenvalue weighted by Gasteiger charge is 2.35. The van der Waals surface area contributed by atoms with Gasteiger partial charge in [-0.15, -0.1) is 0 Å². The summed E-state index contributed by atoms with van der Waals surface area (Å²) in [5.41, 5.74) is 6.00. The van der Waals surface area contributed by atoms with Crippen LogP contribution < -0.4 is 5.73 Å². The summed E-state index contributed by atoms with van der Waals surface area (Å²) in [6, 6.07) is 1.44. The summed E-state index contributed by atoms with van der Waals surface area (Å²) in [6.07, 6.45) is -2.92. The Morgan fingerprint density at radius 2 is 1.86 bits per heavy atom. The second-order valence-electron chi connectivity index (χ2n) is 4.86. The lowest BCUT2D eigenvalue weighted by molar-refractivity contribution is -0.148. The maximum Gasteiger partial charge on any atom is 0.401 e. The summed E-state index contributed by atoms with van der Waals surface area (Å²) >= 11 is 0. The molecule has 1 aromatic heterocycles. The Balaban J connectivity index is 2.01. The van der Waals surface area contributed by atoms with Crippen molar-refractivity contribution in [2.45, 2.75) is 17.6 Å². The molecular formula is C11H17F3N4O2S. The average molecular weight is 326 g/mol. The zero-order valence-corrected chi connectivity index (χ0v) is 12.0. The van der Waals surface area contributed by atoms with Crippen molar-refractivity contribution in [2.24, 2.45) is 5.73 Å². The summed E-state index contributed by atoms with van der Waals surface area (Å²) in [4.78, 5) is 4.04. The molecule has 0 unspecified atom stereocenters. The molecule has 0 aliphatic carbocycles. The lowest BCUT2D eigenvalue weighted by Gasteiger charge is -2.34. The fourth-order valence-electron chi connectivity index (χ4n) is 2.22. The second kappa shape index (κ2) is 5.95. The van der Waals surface area contributed by atoms with Gasteiger partial charge in [0.15, 0.2) is 0 Å². The molecule has 0 aromatic carbocycles. The van der Waals surface area contributed by atoms with Crippen LogP contribution >= 0.6 is 0 Å². The van der Waals surface area contributed by atoms with Gasteiger partial charge in [-0.25, -0.2) is 8.42 Å². The van der Waals surface area contributed by atoms with Crippen molar-refractivity contribution in [3.63, 3.8) is 0 Å². The highest BCUT2D eigenvalue weighted by atomic mass is 32.2. The van der Waals surface area contributed by atoms with Crippen LogP contribution in [0.3, 0.4) is 0 Å². The Morgan fingerprint density at radius 1 is 1.24 bits per heavy atom. The standard InChI is InChI=1S/C11H17F3N4O2S/c12-11(13,14)8-17-1-3-18(4-2-17)21(19,20)10-5-9(6-15)16-7-10/h5,7,16H,1-4,6,8,15H2. The Kier molecular flexibility index (Phi) is 4.61. The molecule has 1 aromatic rings. The summed E-state index contributed by atoms with van der Waals surface area (Å²) in [6.45, 7) is -0.611. The third-order valence-electron chi connectivity index (χ3n) is 3.31. The molecule has 21 heavy (non-hydrogen) atoms. The van der Waals surface area contributed by atoms with Crippen molar-refractivity contribution in [2.75, 3.05) is 32.7 Å². The van der Waals surface area contributed by atoms with Crippen LogP contribution in [-0.2, 0) is 16.6 Å². The highest BCUT2D eigenvalue weighted by Crippen LogP contribution is 2.21. The number of nitrogens with two attached hydrogens (primary N) is 1. The zero-order chi connectivity index (χ0) is 15.7. The molecule has 2 rings (SSSR count). The van der Waals surface area contributed by atoms with E-state index in [1.807, 2.05) is 0 Å². The maximum absolute atomic E-state index is 12.3. The number of sulfonamides is 1. The number of rotatable bonds is 4. The van der Waals surface area contributed by atoms with Crippen molar-refractivity contribution < 1.29 is 21.6 Å². The number of nitrogens with zero attached hydrogens (tertiary/aromatic N) is 2. The molecule has 2 heterocycles. The van der Waals surface area contributed by atoms with Gasteiger partial charge in [0.05, 0.1) is 11.4 Å². The lowest BCUT2D eigenvalue weighted by Crippen LogP contribution is -2.50. The van der Waals surface area contributed by atoms with Gasteiger partial charge < -0.3 is 10.7 Å². The number of nitrogens with one attached hydrogen (secondary N) is 1. The fourth-order valence-corrected chi connectivity index (χ4v) is 3.66. The molecule has 6 nitrogen and oxygen atoms in total. The molecule has 0 amide bonds. The third-order valence-corrected chi connectivity index (χ3v) is 5.18. The summed E-state index contributed by atoms with van der Waals surface area (Å²) in [5, 5.41) is 0. The van der Waals surface area contributed by atoms with Crippen molar-refractivity contribution in [1.29, 1.82) is 0 Å². The first kappa shape index (κ1) is 16.3. The number of aromatic amines is 1. The molecule has 1 aliphatic rings. The van der Waals surface area contributed by atoms with E-state index in [1.165, 1.54) is 21.5 Å². The molecule has 1 saturated heterocycles. The lowest BCUT2D eigenvalue weighted by atomic mass is 10.3. The SMILES string of the molecule is NCc1cc(S(=O)(=O)N2CCN(CC(F)(F)F)CC2)c[nH]1. The first-order chi connectivity index (χ1) is 9.72. The monoisotopic (exact) mass is 326 g/mol. The molecular weight excluding hydrogens is 309 g/mol. The number of hydrogen-bond donors (Lipinski definition) is 2. The van der Waals surface area contributed by atoms with Gasteiger partial charge in [-0.05, 0) is 6.07 Å². The van der Waals surface area contributed by atoms with E-state index in [-0.39, 0.29) is 37.6 Å². The van der Waals surface area contributed by atoms with Crippen LogP contribution in [0.2, 0.25) is 0 Å². The molecule has 0 spiro atoms. The second-order valence-corrected chi connectivity index (χ2v) is 6.80. The van der Waals surface area contributed by atoms with Crippen LogP contribution in [0, 0.1) is 0 Å². The summed E-state index contributed by atoms with van der Waals surface area (Å²) in [5.74, 6) is 0. The Labute approximate surface area is 120 Å². The van der Waals surface area contributed by atoms with Crippen LogP contribution in [0.25, 0.3) is 0 Å². The predicted molar refractivity (Wildman–Crippen MR) is 69.9 cm³/mol. The van der Waals surface area contributed by atoms with Gasteiger partial charge in [0.1, 0.15) is 0 Å². The summed E-state index contributed by atoms with van der Waals surface area (Å²) < 4.78 is 62.7. The Bertz CT molecular complexity index is 577. The first-order valence-corrected chi connectivity index (χ1v) is 7.83. The number of alkyl halides is 3. The van der Waals surface area contributed by atoms with Gasteiger partial charge in [0.25, 0.3) is 0 Å². The van der Waals surface area contributed by atoms with E-state index in [2.05, 4.69) is 4.98 Å². The normalized spacial score (nSPS) is 19.0. The van der Waals surface area contributed by atoms with Gasteiger partial charge in [0, 0.05) is 44.6 Å². The largest absolute Gasteiger partial charge is 0.401 e. The molecule has 0 bridgehead atoms. The Hall–Kier alpha value is -1.10. The minimum atomic E-state index is -4.27. The van der Waals surface area contributed by atoms with E-state index in [0.29, 0.717) is 5.69 Å². The van der Waals surface area contributed by atoms with Gasteiger partial charge in [-0.3, -0.25) is 4.90 Å². The molecule has 10 heteroatoms. The number of H-pyrrole nitrogens is 1. The van der Waals surface area contributed by atoms with Crippen LogP contribution in [0.15, 0.2) is 17.2 Å². The van der Waals surface area contributed by atoms with Gasteiger partial charge in [-0.1, -0.05) is 0 Å². The molecule has 0 radical (unpaired) electrons. The topological polar surface area (TPSA) is 82.4 Å². The van der Waals surface area contributed by atoms with Gasteiger partial charge >= 0.3 is 6.18 Å². The van der Waals surface area contributed by atoms with Crippen molar-refractivity contribution in [3.8, 4) is 0 Å². The number of halogens is 3. The smallest absolute Gasteiger partial charge is 0.363 e. The van der Waals surface area contributed by atoms with Crippen LogP contribution in [0.1, 0.15) is 5.69 Å². The molecule has 1 fully saturated rings. The van der Waals surface area contributed by atoms with Gasteiger partial charge in [0.2, 0.25) is 10.0 Å². The van der Waals surface area contributed by atoms with Crippen molar-refractivity contribution in [1.82, 2.24) is 14.2 Å². The predicted octanol–water partition coefficient (Wildman–Crippen LogP) is 0.342. The molecule has 1 aliphatic heterocycles. The van der Waals surface area contributed by atoms with E-state index < -0.39 is 22.7 Å². The first-order valence-electron chi connectivity index (χ1n) is 6.39. The molecule has 0 atom stereocenters. The van der Waals surface area contributed by atoms with E-state index in [1.54, 1.807) is 0 Å². The van der Waals surface area contributed by atoms with E-state index >= 15 is 0 Å². The van der Waals surface area contributed by atoms with Crippen LogP contribution in [0.5, 0.6) is 0 Å². The van der Waals surface area contributed by atoms with Crippen molar-refractivity contribution >= 4 is 10.0 Å². The van der Waals surface area contributed by atoms with Gasteiger partial charge in [-0.2, -0.15) is 17.5 Å². The minimum absolute atomic E-state index is 0.0432. The van der Waals surface area contributed by atoms with Crippen LogP contribution in [-0.4, -0.2) is 61.5 Å². The summed E-state index contributed by atoms with van der Waals surface area (Å²) in [7, 11) is -3.68. The molecule has 120 valence electrons. The number of hydrogen-bond acceptors (Lipinski definition) is 4. The van der Waals surface area contributed by atoms with Crippen LogP contribution in [0.4, 0.5) is 13.2 Å². The minimum Gasteiger partial charge on any atom is -0.363 e. The third kappa shape index (κ3) is 3.96. The number of piperazine rings is 1. The van der Waals surface area contributed by atoms with E-state index in [9.17, 15) is 21.6 Å². The van der Waals surface area contributed by atoms with E-state index in [4.69, 9.17) is 5.73 Å². The quantitative estimate of drug-likeness (QED) is 0.836. The fraction of sp³-hybridized carbons (Fsp3) is 0.636. The molecule has 3 N–H and O–H groups in total. The zero-order valence-electron chi connectivity index (χ0n) is 11.2. The number of aromatic nitrogens is 1. The molecule has 0 saturated carbocycles. The van der Waals surface area contributed by atoms with E-state index in [0.717, 1.165) is 0 Å². The maximum atomic E-state index is 12.3. The highest BCUT2D eigenvalue weighted by molar-refractivity contribution is 7.89. The average Bonchev–Trinajstić information content (AvgIpc) is 2.87. The van der Waals surface area contributed by atoms with Crippen molar-refractivity contribution in [3.05, 3.63) is 18.0 Å².